The average molecular weight is 288 g/mol. The van der Waals surface area contributed by atoms with Crippen molar-refractivity contribution in [2.45, 2.75) is 13.5 Å². The number of carboxylic acids is 1. The van der Waals surface area contributed by atoms with Gasteiger partial charge in [-0.2, -0.15) is 0 Å². The number of nitrogens with zero attached hydrogens (tertiary/aromatic N) is 1. The topological polar surface area (TPSA) is 53.7 Å². The van der Waals surface area contributed by atoms with E-state index in [1.54, 1.807) is 6.92 Å². The number of rotatable bonds is 4. The quantitative estimate of drug-likeness (QED) is 0.922. The van der Waals surface area contributed by atoms with Crippen LogP contribution in [0.3, 0.4) is 0 Å². The highest BCUT2D eigenvalue weighted by molar-refractivity contribution is 9.10. The van der Waals surface area contributed by atoms with Crippen molar-refractivity contribution in [2.75, 3.05) is 13.1 Å². The van der Waals surface area contributed by atoms with Gasteiger partial charge in [-0.3, -0.25) is 9.69 Å². The van der Waals surface area contributed by atoms with E-state index in [9.17, 15) is 4.79 Å². The molecule has 88 valence electrons. The molecule has 0 amide bonds. The van der Waals surface area contributed by atoms with E-state index in [1.165, 1.54) is 0 Å². The molecule has 1 aromatic rings. The van der Waals surface area contributed by atoms with Gasteiger partial charge in [-0.1, -0.05) is 6.92 Å². The van der Waals surface area contributed by atoms with Crippen molar-refractivity contribution in [3.63, 3.8) is 0 Å². The minimum absolute atomic E-state index is 0.250. The molecule has 1 atom stereocenters. The first-order chi connectivity index (χ1) is 7.56. The zero-order valence-electron chi connectivity index (χ0n) is 9.02. The Hall–Kier alpha value is -0.810. The van der Waals surface area contributed by atoms with Crippen molar-refractivity contribution in [2.24, 2.45) is 11.8 Å². The lowest BCUT2D eigenvalue weighted by molar-refractivity contribution is -0.145. The van der Waals surface area contributed by atoms with Crippen LogP contribution in [0, 0.1) is 11.8 Å². The summed E-state index contributed by atoms with van der Waals surface area (Å²) in [5, 5.41) is 8.85. The molecule has 2 heterocycles. The molecule has 0 bridgehead atoms. The number of hydrogen-bond donors (Lipinski definition) is 1. The molecule has 5 heteroatoms. The van der Waals surface area contributed by atoms with E-state index in [-0.39, 0.29) is 11.8 Å². The molecule has 1 N–H and O–H groups in total. The number of carboxylic acid groups (broad SMARTS) is 1. The van der Waals surface area contributed by atoms with Crippen LogP contribution in [0.1, 0.15) is 12.7 Å². The predicted molar refractivity (Wildman–Crippen MR) is 62.0 cm³/mol. The Balaban J connectivity index is 1.79. The third-order valence-corrected chi connectivity index (χ3v) is 3.52. The fraction of sp³-hybridized carbons (Fsp3) is 0.545. The molecular formula is C11H14BrNO3. The number of likely N-dealkylation sites (tertiary alicyclic amines) is 1. The maximum Gasteiger partial charge on any atom is 0.306 e. The second kappa shape index (κ2) is 4.59. The number of halogens is 1. The Morgan fingerprint density at radius 3 is 2.88 bits per heavy atom. The Bertz CT molecular complexity index is 384. The van der Waals surface area contributed by atoms with Gasteiger partial charge in [-0.25, -0.2) is 0 Å². The predicted octanol–water partition coefficient (Wildman–Crippen LogP) is 2.19. The summed E-state index contributed by atoms with van der Waals surface area (Å²) in [6.07, 6.45) is 0. The zero-order chi connectivity index (χ0) is 11.7. The molecule has 4 nitrogen and oxygen atoms in total. The summed E-state index contributed by atoms with van der Waals surface area (Å²) in [6, 6.07) is 3.80. The van der Waals surface area contributed by atoms with Crippen LogP contribution in [-0.2, 0) is 11.3 Å². The molecule has 0 spiro atoms. The van der Waals surface area contributed by atoms with Crippen molar-refractivity contribution in [1.29, 1.82) is 0 Å². The summed E-state index contributed by atoms with van der Waals surface area (Å²) >= 11 is 3.25. The van der Waals surface area contributed by atoms with Gasteiger partial charge in [-0.15, -0.1) is 0 Å². The lowest BCUT2D eigenvalue weighted by Gasteiger charge is -2.40. The van der Waals surface area contributed by atoms with Crippen LogP contribution in [0.15, 0.2) is 21.2 Å². The Morgan fingerprint density at radius 1 is 1.69 bits per heavy atom. The van der Waals surface area contributed by atoms with Gasteiger partial charge in [-0.05, 0) is 34.0 Å². The van der Waals surface area contributed by atoms with Crippen LogP contribution in [0.4, 0.5) is 0 Å². The summed E-state index contributed by atoms with van der Waals surface area (Å²) in [5.41, 5.74) is 0. The standard InChI is InChI=1S/C11H14BrNO3/c1-7(11(14)15)8-4-13(5-8)6-9-2-3-10(12)16-9/h2-3,7-8H,4-6H2,1H3,(H,14,15). The van der Waals surface area contributed by atoms with E-state index in [4.69, 9.17) is 9.52 Å². The third-order valence-electron chi connectivity index (χ3n) is 3.09. The average Bonchev–Trinajstić information content (AvgIpc) is 2.56. The molecule has 1 fully saturated rings. The van der Waals surface area contributed by atoms with Gasteiger partial charge in [0.15, 0.2) is 4.67 Å². The smallest absolute Gasteiger partial charge is 0.306 e. The highest BCUT2D eigenvalue weighted by Crippen LogP contribution is 2.26. The highest BCUT2D eigenvalue weighted by Gasteiger charge is 2.34. The number of hydrogen-bond acceptors (Lipinski definition) is 3. The third kappa shape index (κ3) is 2.47. The summed E-state index contributed by atoms with van der Waals surface area (Å²) < 4.78 is 6.13. The lowest BCUT2D eigenvalue weighted by atomic mass is 9.87. The Kier molecular flexibility index (Phi) is 3.35. The molecule has 16 heavy (non-hydrogen) atoms. The number of carbonyl (C=O) groups is 1. The van der Waals surface area contributed by atoms with Crippen molar-refractivity contribution in [3.05, 3.63) is 22.6 Å². The maximum absolute atomic E-state index is 10.8. The van der Waals surface area contributed by atoms with Gasteiger partial charge in [0, 0.05) is 13.1 Å². The summed E-state index contributed by atoms with van der Waals surface area (Å²) in [7, 11) is 0. The SMILES string of the molecule is CC(C(=O)O)C1CN(Cc2ccc(Br)o2)C1. The molecule has 1 aliphatic rings. The van der Waals surface area contributed by atoms with E-state index in [0.717, 1.165) is 30.1 Å². The molecule has 0 aromatic carbocycles. The molecule has 1 aliphatic heterocycles. The number of furan rings is 1. The van der Waals surface area contributed by atoms with Gasteiger partial charge < -0.3 is 9.52 Å². The van der Waals surface area contributed by atoms with Crippen LogP contribution < -0.4 is 0 Å². The van der Waals surface area contributed by atoms with E-state index < -0.39 is 5.97 Å². The largest absolute Gasteiger partial charge is 0.481 e. The van der Waals surface area contributed by atoms with Gasteiger partial charge in [0.05, 0.1) is 12.5 Å². The lowest BCUT2D eigenvalue weighted by Crippen LogP contribution is -2.50. The van der Waals surface area contributed by atoms with Gasteiger partial charge in [0.25, 0.3) is 0 Å². The van der Waals surface area contributed by atoms with E-state index in [2.05, 4.69) is 20.8 Å². The van der Waals surface area contributed by atoms with Crippen LogP contribution in [0.25, 0.3) is 0 Å². The van der Waals surface area contributed by atoms with Crippen LogP contribution in [-0.4, -0.2) is 29.1 Å². The van der Waals surface area contributed by atoms with E-state index in [0.29, 0.717) is 0 Å². The molecule has 0 aliphatic carbocycles. The molecule has 0 radical (unpaired) electrons. The normalized spacial score (nSPS) is 19.4. The van der Waals surface area contributed by atoms with Crippen molar-refractivity contribution >= 4 is 21.9 Å². The number of aliphatic carboxylic acids is 1. The summed E-state index contributed by atoms with van der Waals surface area (Å²) in [5.74, 6) is 0.231. The van der Waals surface area contributed by atoms with E-state index in [1.807, 2.05) is 12.1 Å². The Labute approximate surface area is 102 Å². The molecule has 0 saturated carbocycles. The second-order valence-corrected chi connectivity index (χ2v) is 5.07. The fourth-order valence-corrected chi connectivity index (χ4v) is 2.25. The molecule has 1 aromatic heterocycles. The summed E-state index contributed by atoms with van der Waals surface area (Å²) in [4.78, 5) is 12.9. The second-order valence-electron chi connectivity index (χ2n) is 4.29. The van der Waals surface area contributed by atoms with Crippen molar-refractivity contribution in [1.82, 2.24) is 4.90 Å². The van der Waals surface area contributed by atoms with Crippen molar-refractivity contribution in [3.8, 4) is 0 Å². The van der Waals surface area contributed by atoms with Crippen LogP contribution in [0.2, 0.25) is 0 Å². The van der Waals surface area contributed by atoms with Crippen LogP contribution in [0.5, 0.6) is 0 Å². The maximum atomic E-state index is 10.8. The summed E-state index contributed by atoms with van der Waals surface area (Å²) in [6.45, 7) is 4.21. The molecule has 2 rings (SSSR count). The fourth-order valence-electron chi connectivity index (χ4n) is 1.91. The molecule has 1 unspecified atom stereocenters. The minimum Gasteiger partial charge on any atom is -0.481 e. The first-order valence-electron chi connectivity index (χ1n) is 5.25. The molecular weight excluding hydrogens is 274 g/mol. The van der Waals surface area contributed by atoms with Gasteiger partial charge in [0.1, 0.15) is 5.76 Å². The van der Waals surface area contributed by atoms with Crippen LogP contribution >= 0.6 is 15.9 Å². The Morgan fingerprint density at radius 2 is 2.38 bits per heavy atom. The van der Waals surface area contributed by atoms with Gasteiger partial charge >= 0.3 is 5.97 Å². The van der Waals surface area contributed by atoms with Crippen molar-refractivity contribution < 1.29 is 14.3 Å². The first-order valence-corrected chi connectivity index (χ1v) is 6.05. The monoisotopic (exact) mass is 287 g/mol. The highest BCUT2D eigenvalue weighted by atomic mass is 79.9. The minimum atomic E-state index is -0.703. The first kappa shape index (κ1) is 11.7. The molecule has 1 saturated heterocycles. The van der Waals surface area contributed by atoms with E-state index >= 15 is 0 Å². The van der Waals surface area contributed by atoms with Gasteiger partial charge in [0.2, 0.25) is 0 Å². The zero-order valence-corrected chi connectivity index (χ0v) is 10.6.